The van der Waals surface area contributed by atoms with Gasteiger partial charge < -0.3 is 10.6 Å². The highest BCUT2D eigenvalue weighted by Gasteiger charge is 2.31. The number of aromatic nitrogens is 2. The molecule has 0 atom stereocenters. The van der Waals surface area contributed by atoms with Gasteiger partial charge in [0.15, 0.2) is 5.69 Å². The third-order valence-corrected chi connectivity index (χ3v) is 4.03. The van der Waals surface area contributed by atoms with Crippen LogP contribution in [0.15, 0.2) is 33.9 Å². The number of carbonyl (C=O) groups is 1. The van der Waals surface area contributed by atoms with Crippen molar-refractivity contribution in [1.29, 1.82) is 0 Å². The molecule has 0 saturated carbocycles. The van der Waals surface area contributed by atoms with E-state index in [1.165, 1.54) is 13.1 Å². The number of alkyl halides is 3. The maximum Gasteiger partial charge on any atom is 0.416 e. The maximum absolute atomic E-state index is 12.9. The lowest BCUT2D eigenvalue weighted by molar-refractivity contribution is -0.137. The Morgan fingerprint density at radius 3 is 2.56 bits per heavy atom. The van der Waals surface area contributed by atoms with E-state index in [0.717, 1.165) is 28.0 Å². The number of aromatic amines is 1. The Hall–Kier alpha value is -3.04. The molecule has 0 saturated heterocycles. The van der Waals surface area contributed by atoms with E-state index in [2.05, 4.69) is 4.98 Å². The molecule has 0 unspecified atom stereocenters. The molecule has 0 radical (unpaired) electrons. The van der Waals surface area contributed by atoms with Crippen LogP contribution in [0.4, 0.5) is 24.7 Å². The number of halogens is 3. The molecule has 0 bridgehead atoms. The van der Waals surface area contributed by atoms with E-state index in [9.17, 15) is 27.6 Å². The molecule has 2 rings (SSSR count). The number of nitrogens with zero attached hydrogens (tertiary/aromatic N) is 2. The molecule has 0 aliphatic heterocycles. The molecular formula is C17H19F3N4O3. The summed E-state index contributed by atoms with van der Waals surface area (Å²) in [4.78, 5) is 39.6. The van der Waals surface area contributed by atoms with E-state index >= 15 is 0 Å². The zero-order valence-electron chi connectivity index (χ0n) is 14.8. The number of carbonyl (C=O) groups excluding carboxylic acids is 1. The lowest BCUT2D eigenvalue weighted by atomic mass is 10.1. The van der Waals surface area contributed by atoms with Crippen LogP contribution in [0, 0.1) is 0 Å². The number of unbranched alkanes of at least 4 members (excludes halogenated alkanes) is 1. The highest BCUT2D eigenvalue weighted by atomic mass is 19.4. The molecule has 7 nitrogen and oxygen atoms in total. The van der Waals surface area contributed by atoms with E-state index in [1.54, 1.807) is 0 Å². The Morgan fingerprint density at radius 2 is 1.96 bits per heavy atom. The molecule has 1 aromatic carbocycles. The lowest BCUT2D eigenvalue weighted by Crippen LogP contribution is -2.39. The Kier molecular flexibility index (Phi) is 5.77. The molecule has 0 aliphatic carbocycles. The van der Waals surface area contributed by atoms with Gasteiger partial charge in [-0.1, -0.05) is 19.4 Å². The minimum Gasteiger partial charge on any atom is -0.383 e. The molecule has 0 spiro atoms. The molecule has 146 valence electrons. The highest BCUT2D eigenvalue weighted by molar-refractivity contribution is 6.06. The average Bonchev–Trinajstić information content (AvgIpc) is 2.60. The van der Waals surface area contributed by atoms with Crippen molar-refractivity contribution in [2.24, 2.45) is 0 Å². The number of benzene rings is 1. The van der Waals surface area contributed by atoms with Crippen LogP contribution in [-0.4, -0.2) is 22.5 Å². The molecule has 10 heteroatoms. The zero-order chi connectivity index (χ0) is 20.4. The summed E-state index contributed by atoms with van der Waals surface area (Å²) >= 11 is 0. The van der Waals surface area contributed by atoms with Crippen molar-refractivity contribution in [2.75, 3.05) is 17.7 Å². The van der Waals surface area contributed by atoms with Crippen LogP contribution in [0.1, 0.15) is 35.7 Å². The fourth-order valence-corrected chi connectivity index (χ4v) is 2.56. The minimum atomic E-state index is -4.61. The summed E-state index contributed by atoms with van der Waals surface area (Å²) in [6.07, 6.45) is -3.24. The maximum atomic E-state index is 12.9. The third kappa shape index (κ3) is 4.21. The Morgan fingerprint density at radius 1 is 1.30 bits per heavy atom. The number of nitrogens with two attached hydrogens (primary N) is 1. The van der Waals surface area contributed by atoms with E-state index in [1.807, 2.05) is 6.92 Å². The third-order valence-electron chi connectivity index (χ3n) is 4.03. The molecule has 1 amide bonds. The number of hydrogen-bond acceptors (Lipinski definition) is 4. The summed E-state index contributed by atoms with van der Waals surface area (Å²) < 4.78 is 39.7. The first-order valence-corrected chi connectivity index (χ1v) is 8.15. The van der Waals surface area contributed by atoms with Crippen LogP contribution >= 0.6 is 0 Å². The number of nitrogens with one attached hydrogen (secondary N) is 1. The van der Waals surface area contributed by atoms with Crippen LogP contribution in [-0.2, 0) is 12.7 Å². The first kappa shape index (κ1) is 20.3. The number of amides is 1. The highest BCUT2D eigenvalue weighted by Crippen LogP contribution is 2.30. The summed E-state index contributed by atoms with van der Waals surface area (Å²) in [6.45, 7) is 2.13. The van der Waals surface area contributed by atoms with Crippen molar-refractivity contribution in [3.8, 4) is 0 Å². The first-order chi connectivity index (χ1) is 12.6. The number of nitrogen functional groups attached to an aromatic ring is 1. The van der Waals surface area contributed by atoms with Crippen molar-refractivity contribution >= 4 is 17.4 Å². The van der Waals surface area contributed by atoms with Crippen molar-refractivity contribution in [3.63, 3.8) is 0 Å². The van der Waals surface area contributed by atoms with Crippen LogP contribution in [0.25, 0.3) is 0 Å². The monoisotopic (exact) mass is 384 g/mol. The largest absolute Gasteiger partial charge is 0.416 e. The average molecular weight is 384 g/mol. The summed E-state index contributed by atoms with van der Waals surface area (Å²) in [7, 11) is 1.21. The predicted molar refractivity (Wildman–Crippen MR) is 94.8 cm³/mol. The summed E-state index contributed by atoms with van der Waals surface area (Å²) in [6, 6.07) is 3.82. The number of rotatable bonds is 5. The molecule has 1 aromatic heterocycles. The van der Waals surface area contributed by atoms with Gasteiger partial charge >= 0.3 is 11.9 Å². The van der Waals surface area contributed by atoms with Crippen molar-refractivity contribution < 1.29 is 18.0 Å². The fraction of sp³-hybridized carbons (Fsp3) is 0.353. The topological polar surface area (TPSA) is 101 Å². The Bertz CT molecular complexity index is 963. The second kappa shape index (κ2) is 7.68. The Labute approximate surface area is 152 Å². The van der Waals surface area contributed by atoms with E-state index in [0.29, 0.717) is 12.5 Å². The first-order valence-electron chi connectivity index (χ1n) is 8.15. The quantitative estimate of drug-likeness (QED) is 0.825. The van der Waals surface area contributed by atoms with Crippen molar-refractivity contribution in [1.82, 2.24) is 9.55 Å². The predicted octanol–water partition coefficient (Wildman–Crippen LogP) is 2.21. The molecule has 27 heavy (non-hydrogen) atoms. The van der Waals surface area contributed by atoms with E-state index < -0.39 is 28.9 Å². The SMILES string of the molecule is CCCCn1c(N)c(N(C)C(=O)c2cccc(C(F)(F)F)c2)c(=O)[nH]c1=O. The standard InChI is InChI=1S/C17H19F3N4O3/c1-3-4-8-24-13(21)12(14(25)22-16(24)27)23(2)15(26)10-6-5-7-11(9-10)17(18,19)20/h5-7,9H,3-4,8,21H2,1-2H3,(H,22,25,27). The van der Waals surface area contributed by atoms with Crippen LogP contribution in [0.3, 0.4) is 0 Å². The van der Waals surface area contributed by atoms with Gasteiger partial charge in [-0.15, -0.1) is 0 Å². The van der Waals surface area contributed by atoms with Crippen LogP contribution < -0.4 is 21.9 Å². The molecule has 0 fully saturated rings. The van der Waals surface area contributed by atoms with Gasteiger partial charge in [0.2, 0.25) is 0 Å². The number of anilines is 2. The molecular weight excluding hydrogens is 365 g/mol. The second-order valence-electron chi connectivity index (χ2n) is 5.94. The minimum absolute atomic E-state index is 0.222. The van der Waals surface area contributed by atoms with Gasteiger partial charge in [-0.2, -0.15) is 13.2 Å². The van der Waals surface area contributed by atoms with E-state index in [-0.39, 0.29) is 23.6 Å². The van der Waals surface area contributed by atoms with Gasteiger partial charge in [-0.3, -0.25) is 19.1 Å². The molecule has 3 N–H and O–H groups in total. The fourth-order valence-electron chi connectivity index (χ4n) is 2.56. The number of H-pyrrole nitrogens is 1. The zero-order valence-corrected chi connectivity index (χ0v) is 14.8. The Balaban J connectivity index is 2.49. The van der Waals surface area contributed by atoms with Gasteiger partial charge in [0, 0.05) is 19.2 Å². The van der Waals surface area contributed by atoms with Crippen LogP contribution in [0.5, 0.6) is 0 Å². The van der Waals surface area contributed by atoms with Crippen molar-refractivity contribution in [2.45, 2.75) is 32.5 Å². The number of hydrogen-bond donors (Lipinski definition) is 2. The van der Waals surface area contributed by atoms with Gasteiger partial charge in [-0.05, 0) is 24.6 Å². The second-order valence-corrected chi connectivity index (χ2v) is 5.94. The van der Waals surface area contributed by atoms with Crippen LogP contribution in [0.2, 0.25) is 0 Å². The van der Waals surface area contributed by atoms with Crippen molar-refractivity contribution in [3.05, 3.63) is 56.2 Å². The summed E-state index contributed by atoms with van der Waals surface area (Å²) in [5.41, 5.74) is 2.75. The van der Waals surface area contributed by atoms with Gasteiger partial charge in [0.1, 0.15) is 5.82 Å². The summed E-state index contributed by atoms with van der Waals surface area (Å²) in [5.74, 6) is -1.08. The smallest absolute Gasteiger partial charge is 0.383 e. The summed E-state index contributed by atoms with van der Waals surface area (Å²) in [5, 5.41) is 0. The molecule has 0 aliphatic rings. The van der Waals surface area contributed by atoms with E-state index in [4.69, 9.17) is 5.73 Å². The van der Waals surface area contributed by atoms with Gasteiger partial charge in [0.05, 0.1) is 5.56 Å². The molecule has 1 heterocycles. The normalized spacial score (nSPS) is 11.4. The lowest BCUT2D eigenvalue weighted by Gasteiger charge is -2.20. The molecule has 2 aromatic rings. The van der Waals surface area contributed by atoms with Gasteiger partial charge in [-0.25, -0.2) is 4.79 Å². The van der Waals surface area contributed by atoms with Gasteiger partial charge in [0.25, 0.3) is 11.5 Å².